The Morgan fingerprint density at radius 3 is 2.38 bits per heavy atom. The molecule has 4 rings (SSSR count). The summed E-state index contributed by atoms with van der Waals surface area (Å²) in [6.45, 7) is 7.65. The number of thioether (sulfide) groups is 1. The second-order valence-electron chi connectivity index (χ2n) is 8.44. The Labute approximate surface area is 205 Å². The van der Waals surface area contributed by atoms with Gasteiger partial charge in [-0.1, -0.05) is 49.9 Å². The summed E-state index contributed by atoms with van der Waals surface area (Å²) in [4.78, 5) is 26.2. The molecule has 0 unspecified atom stereocenters. The molecular weight excluding hydrogens is 446 g/mol. The van der Waals surface area contributed by atoms with Gasteiger partial charge in [-0.05, 0) is 35.7 Å². The fourth-order valence-electron chi connectivity index (χ4n) is 3.97. The number of nitrogens with zero attached hydrogens (tertiary/aromatic N) is 4. The molecule has 1 N–H and O–H groups in total. The first-order chi connectivity index (χ1) is 16.5. The predicted molar refractivity (Wildman–Crippen MR) is 139 cm³/mol. The third-order valence-corrected chi connectivity index (χ3v) is 6.82. The molecule has 0 atom stereocenters. The van der Waals surface area contributed by atoms with E-state index in [1.807, 2.05) is 30.3 Å². The van der Waals surface area contributed by atoms with Gasteiger partial charge in [0.2, 0.25) is 5.91 Å². The van der Waals surface area contributed by atoms with E-state index in [-0.39, 0.29) is 11.7 Å². The molecule has 0 saturated carbocycles. The number of amides is 1. The van der Waals surface area contributed by atoms with Crippen LogP contribution in [0.5, 0.6) is 5.75 Å². The summed E-state index contributed by atoms with van der Waals surface area (Å²) in [5, 5.41) is 3.75. The van der Waals surface area contributed by atoms with E-state index in [1.54, 1.807) is 19.5 Å². The lowest BCUT2D eigenvalue weighted by molar-refractivity contribution is -0.113. The van der Waals surface area contributed by atoms with Gasteiger partial charge in [0, 0.05) is 44.3 Å². The summed E-state index contributed by atoms with van der Waals surface area (Å²) in [5.74, 6) is 2.41. The van der Waals surface area contributed by atoms with Crippen LogP contribution in [0.3, 0.4) is 0 Å². The Morgan fingerprint density at radius 2 is 1.68 bits per heavy atom. The van der Waals surface area contributed by atoms with Crippen molar-refractivity contribution in [1.29, 1.82) is 0 Å². The first-order valence-corrected chi connectivity index (χ1v) is 12.5. The molecule has 1 amide bonds. The molecule has 178 valence electrons. The number of anilines is 3. The van der Waals surface area contributed by atoms with Gasteiger partial charge in [-0.2, -0.15) is 0 Å². The van der Waals surface area contributed by atoms with Crippen molar-refractivity contribution in [2.75, 3.05) is 54.2 Å². The smallest absolute Gasteiger partial charge is 0.234 e. The fourth-order valence-corrected chi connectivity index (χ4v) is 4.76. The standard InChI is InChI=1S/C26H31N5O2S/c1-19(2)20-8-10-21(11-9-20)29-24(32)18-34-26-25(27-12-13-28-26)31-16-14-30(15-17-31)22-6-4-5-7-23(22)33-3/h4-13,19H,14-18H2,1-3H3,(H,29,32). The van der Waals surface area contributed by atoms with E-state index in [0.717, 1.165) is 54.1 Å². The maximum Gasteiger partial charge on any atom is 0.234 e. The van der Waals surface area contributed by atoms with Crippen molar-refractivity contribution in [2.24, 2.45) is 0 Å². The van der Waals surface area contributed by atoms with Crippen LogP contribution >= 0.6 is 11.8 Å². The Kier molecular flexibility index (Phi) is 7.90. The minimum atomic E-state index is -0.0557. The van der Waals surface area contributed by atoms with E-state index in [0.29, 0.717) is 5.92 Å². The van der Waals surface area contributed by atoms with Crippen molar-refractivity contribution < 1.29 is 9.53 Å². The zero-order chi connectivity index (χ0) is 23.9. The van der Waals surface area contributed by atoms with Gasteiger partial charge < -0.3 is 19.9 Å². The zero-order valence-electron chi connectivity index (χ0n) is 19.9. The second kappa shape index (κ2) is 11.2. The van der Waals surface area contributed by atoms with Crippen LogP contribution in [0.15, 0.2) is 66.0 Å². The summed E-state index contributed by atoms with van der Waals surface area (Å²) in [6.07, 6.45) is 3.39. The maximum atomic E-state index is 12.5. The number of benzene rings is 2. The van der Waals surface area contributed by atoms with Crippen molar-refractivity contribution in [3.63, 3.8) is 0 Å². The van der Waals surface area contributed by atoms with E-state index < -0.39 is 0 Å². The first-order valence-electron chi connectivity index (χ1n) is 11.5. The van der Waals surface area contributed by atoms with Crippen molar-refractivity contribution in [3.8, 4) is 5.75 Å². The molecular formula is C26H31N5O2S. The van der Waals surface area contributed by atoms with Gasteiger partial charge in [0.1, 0.15) is 10.8 Å². The van der Waals surface area contributed by atoms with Crippen LogP contribution in [0.25, 0.3) is 0 Å². The fraction of sp³-hybridized carbons (Fsp3) is 0.346. The van der Waals surface area contributed by atoms with Crippen molar-refractivity contribution in [2.45, 2.75) is 24.8 Å². The maximum absolute atomic E-state index is 12.5. The molecule has 0 bridgehead atoms. The highest BCUT2D eigenvalue weighted by Crippen LogP contribution is 2.31. The van der Waals surface area contributed by atoms with Gasteiger partial charge in [-0.15, -0.1) is 0 Å². The van der Waals surface area contributed by atoms with Crippen molar-refractivity contribution in [1.82, 2.24) is 9.97 Å². The molecule has 0 radical (unpaired) electrons. The van der Waals surface area contributed by atoms with E-state index in [2.05, 4.69) is 57.1 Å². The lowest BCUT2D eigenvalue weighted by Gasteiger charge is -2.37. The van der Waals surface area contributed by atoms with Gasteiger partial charge >= 0.3 is 0 Å². The molecule has 2 heterocycles. The van der Waals surface area contributed by atoms with Crippen molar-refractivity contribution in [3.05, 3.63) is 66.5 Å². The SMILES string of the molecule is COc1ccccc1N1CCN(c2nccnc2SCC(=O)Nc2ccc(C(C)C)cc2)CC1. The second-order valence-corrected chi connectivity index (χ2v) is 9.41. The molecule has 34 heavy (non-hydrogen) atoms. The van der Waals surface area contributed by atoms with Gasteiger partial charge in [0.05, 0.1) is 18.6 Å². The number of nitrogens with one attached hydrogen (secondary N) is 1. The monoisotopic (exact) mass is 477 g/mol. The Balaban J connectivity index is 1.34. The van der Waals surface area contributed by atoms with Crippen LogP contribution in [0.2, 0.25) is 0 Å². The lowest BCUT2D eigenvalue weighted by Crippen LogP contribution is -2.47. The largest absolute Gasteiger partial charge is 0.495 e. The molecule has 7 nitrogen and oxygen atoms in total. The molecule has 0 aliphatic carbocycles. The number of para-hydroxylation sites is 2. The van der Waals surface area contributed by atoms with E-state index in [1.165, 1.54) is 17.3 Å². The van der Waals surface area contributed by atoms with Crippen LogP contribution in [-0.4, -0.2) is 54.9 Å². The number of carbonyl (C=O) groups excluding carboxylic acids is 1. The predicted octanol–water partition coefficient (Wildman–Crippen LogP) is 4.67. The van der Waals surface area contributed by atoms with Crippen LogP contribution < -0.4 is 19.9 Å². The minimum absolute atomic E-state index is 0.0557. The lowest BCUT2D eigenvalue weighted by atomic mass is 10.0. The molecule has 1 aliphatic heterocycles. The van der Waals surface area contributed by atoms with E-state index in [4.69, 9.17) is 4.74 Å². The molecule has 1 saturated heterocycles. The molecule has 0 spiro atoms. The van der Waals surface area contributed by atoms with Gasteiger partial charge in [-0.3, -0.25) is 4.79 Å². The van der Waals surface area contributed by atoms with Gasteiger partial charge in [-0.25, -0.2) is 9.97 Å². The van der Waals surface area contributed by atoms with E-state index in [9.17, 15) is 4.79 Å². The number of rotatable bonds is 8. The Bertz CT molecular complexity index is 1100. The summed E-state index contributed by atoms with van der Waals surface area (Å²) < 4.78 is 5.52. The molecule has 1 fully saturated rings. The topological polar surface area (TPSA) is 70.6 Å². The summed E-state index contributed by atoms with van der Waals surface area (Å²) >= 11 is 1.42. The number of aromatic nitrogens is 2. The molecule has 8 heteroatoms. The number of piperazine rings is 1. The summed E-state index contributed by atoms with van der Waals surface area (Å²) in [5.41, 5.74) is 3.17. The number of methoxy groups -OCH3 is 1. The highest BCUT2D eigenvalue weighted by Gasteiger charge is 2.23. The van der Waals surface area contributed by atoms with Crippen LogP contribution in [0.1, 0.15) is 25.3 Å². The van der Waals surface area contributed by atoms with Crippen LogP contribution in [-0.2, 0) is 4.79 Å². The Hall–Kier alpha value is -3.26. The van der Waals surface area contributed by atoms with Crippen LogP contribution in [0, 0.1) is 0 Å². The average Bonchev–Trinajstić information content (AvgIpc) is 2.88. The normalized spacial score (nSPS) is 13.8. The molecule has 2 aromatic carbocycles. The number of hydrogen-bond acceptors (Lipinski definition) is 7. The van der Waals surface area contributed by atoms with E-state index >= 15 is 0 Å². The van der Waals surface area contributed by atoms with Gasteiger partial charge in [0.25, 0.3) is 0 Å². The van der Waals surface area contributed by atoms with Crippen molar-refractivity contribution >= 4 is 34.9 Å². The highest BCUT2D eigenvalue weighted by molar-refractivity contribution is 8.00. The molecule has 1 aromatic heterocycles. The number of ether oxygens (including phenoxy) is 1. The molecule has 3 aromatic rings. The highest BCUT2D eigenvalue weighted by atomic mass is 32.2. The average molecular weight is 478 g/mol. The zero-order valence-corrected chi connectivity index (χ0v) is 20.7. The third kappa shape index (κ3) is 5.80. The summed E-state index contributed by atoms with van der Waals surface area (Å²) in [6, 6.07) is 16.1. The summed E-state index contributed by atoms with van der Waals surface area (Å²) in [7, 11) is 1.70. The molecule has 1 aliphatic rings. The van der Waals surface area contributed by atoms with Gasteiger partial charge in [0.15, 0.2) is 5.82 Å². The first kappa shape index (κ1) is 23.9. The Morgan fingerprint density at radius 1 is 1.00 bits per heavy atom. The number of hydrogen-bond donors (Lipinski definition) is 1. The minimum Gasteiger partial charge on any atom is -0.495 e. The number of carbonyl (C=O) groups is 1. The van der Waals surface area contributed by atoms with Crippen LogP contribution in [0.4, 0.5) is 17.2 Å². The quantitative estimate of drug-likeness (QED) is 0.473. The third-order valence-electron chi connectivity index (χ3n) is 5.85.